The minimum Gasteiger partial charge on any atom is -0.356 e. The fourth-order valence-corrected chi connectivity index (χ4v) is 4.77. The Morgan fingerprint density at radius 3 is 2.56 bits per heavy atom. The van der Waals surface area contributed by atoms with Crippen LogP contribution in [0.15, 0.2) is 12.4 Å². The Balaban J connectivity index is 1.34. The summed E-state index contributed by atoms with van der Waals surface area (Å²) in [6.45, 7) is 3.87. The minimum absolute atomic E-state index is 0.409. The lowest BCUT2D eigenvalue weighted by atomic mass is 9.80. The van der Waals surface area contributed by atoms with Crippen molar-refractivity contribution >= 4 is 5.82 Å². The van der Waals surface area contributed by atoms with Crippen LogP contribution in [-0.4, -0.2) is 47.1 Å². The maximum absolute atomic E-state index is 12.8. The van der Waals surface area contributed by atoms with Crippen LogP contribution >= 0.6 is 0 Å². The predicted octanol–water partition coefficient (Wildman–Crippen LogP) is 3.59. The van der Waals surface area contributed by atoms with E-state index in [0.29, 0.717) is 17.8 Å². The van der Waals surface area contributed by atoms with Crippen LogP contribution in [0.5, 0.6) is 0 Å². The van der Waals surface area contributed by atoms with Gasteiger partial charge in [0, 0.05) is 44.2 Å². The van der Waals surface area contributed by atoms with Gasteiger partial charge in [-0.25, -0.2) is 9.97 Å². The van der Waals surface area contributed by atoms with Gasteiger partial charge in [0.25, 0.3) is 0 Å². The Labute approximate surface area is 146 Å². The molecule has 3 heterocycles. The Hall–Kier alpha value is -1.37. The number of aromatic nitrogens is 2. The second-order valence-corrected chi connectivity index (χ2v) is 7.78. The first-order valence-electron chi connectivity index (χ1n) is 9.39. The molecule has 2 atom stereocenters. The number of fused-ring (bicyclic) bond motifs is 1. The van der Waals surface area contributed by atoms with Crippen LogP contribution in [0.4, 0.5) is 19.0 Å². The van der Waals surface area contributed by atoms with Gasteiger partial charge in [-0.05, 0) is 25.2 Å². The number of likely N-dealkylation sites (tertiary alicyclic amines) is 1. The normalized spacial score (nSPS) is 28.5. The lowest BCUT2D eigenvalue weighted by Gasteiger charge is -2.54. The Morgan fingerprint density at radius 1 is 1.04 bits per heavy atom. The molecule has 0 radical (unpaired) electrons. The van der Waals surface area contributed by atoms with Gasteiger partial charge in [-0.2, -0.15) is 13.2 Å². The van der Waals surface area contributed by atoms with Crippen molar-refractivity contribution in [2.24, 2.45) is 11.8 Å². The molecule has 0 unspecified atom stereocenters. The van der Waals surface area contributed by atoms with Gasteiger partial charge in [-0.3, -0.25) is 4.90 Å². The molecule has 2 saturated heterocycles. The molecule has 1 saturated carbocycles. The van der Waals surface area contributed by atoms with Crippen molar-refractivity contribution in [2.75, 3.05) is 31.1 Å². The van der Waals surface area contributed by atoms with E-state index in [1.54, 1.807) is 0 Å². The molecule has 0 spiro atoms. The highest BCUT2D eigenvalue weighted by atomic mass is 19.4. The summed E-state index contributed by atoms with van der Waals surface area (Å²) in [6, 6.07) is 1.70. The molecule has 3 aliphatic rings. The predicted molar refractivity (Wildman–Crippen MR) is 89.3 cm³/mol. The first-order valence-corrected chi connectivity index (χ1v) is 9.39. The van der Waals surface area contributed by atoms with E-state index in [9.17, 15) is 13.2 Å². The third kappa shape index (κ3) is 3.61. The molecular weight excluding hydrogens is 329 g/mol. The van der Waals surface area contributed by atoms with E-state index < -0.39 is 11.9 Å². The van der Waals surface area contributed by atoms with Gasteiger partial charge in [-0.1, -0.05) is 19.3 Å². The lowest BCUT2D eigenvalue weighted by molar-refractivity contribution is -0.141. The summed E-state index contributed by atoms with van der Waals surface area (Å²) < 4.78 is 38.5. The fraction of sp³-hybridized carbons (Fsp3) is 0.778. The molecule has 0 bridgehead atoms. The molecule has 4 nitrogen and oxygen atoms in total. The molecule has 0 aromatic carbocycles. The summed E-state index contributed by atoms with van der Waals surface area (Å²) in [5.74, 6) is 1.82. The molecule has 2 aliphatic heterocycles. The molecule has 1 aromatic rings. The van der Waals surface area contributed by atoms with Gasteiger partial charge in [0.1, 0.15) is 17.8 Å². The van der Waals surface area contributed by atoms with Crippen LogP contribution in [0, 0.1) is 11.8 Å². The van der Waals surface area contributed by atoms with Gasteiger partial charge in [0.05, 0.1) is 0 Å². The number of piperidine rings is 1. The quantitative estimate of drug-likeness (QED) is 0.830. The van der Waals surface area contributed by atoms with E-state index in [-0.39, 0.29) is 0 Å². The SMILES string of the molecule is FC(F)(F)c1cc(N2CC[C@H]3[C@H](C2)CN3CC2CCCCC2)ncn1. The summed E-state index contributed by atoms with van der Waals surface area (Å²) in [7, 11) is 0. The molecule has 138 valence electrons. The number of anilines is 1. The van der Waals surface area contributed by atoms with Crippen molar-refractivity contribution in [1.29, 1.82) is 0 Å². The highest BCUT2D eigenvalue weighted by Crippen LogP contribution is 2.37. The molecule has 0 N–H and O–H groups in total. The third-order valence-corrected chi connectivity index (χ3v) is 6.12. The summed E-state index contributed by atoms with van der Waals surface area (Å²) in [4.78, 5) is 12.0. The van der Waals surface area contributed by atoms with Crippen molar-refractivity contribution in [2.45, 2.75) is 50.7 Å². The number of halogens is 3. The highest BCUT2D eigenvalue weighted by Gasteiger charge is 2.43. The molecular formula is C18H25F3N4. The van der Waals surface area contributed by atoms with E-state index in [4.69, 9.17) is 0 Å². The Bertz CT molecular complexity index is 600. The van der Waals surface area contributed by atoms with Crippen LogP contribution in [0.1, 0.15) is 44.2 Å². The molecule has 1 aromatic heterocycles. The largest absolute Gasteiger partial charge is 0.433 e. The smallest absolute Gasteiger partial charge is 0.356 e. The van der Waals surface area contributed by atoms with Crippen molar-refractivity contribution in [1.82, 2.24) is 14.9 Å². The Kier molecular flexibility index (Phi) is 4.60. The van der Waals surface area contributed by atoms with Crippen LogP contribution in [0.3, 0.4) is 0 Å². The topological polar surface area (TPSA) is 32.3 Å². The van der Waals surface area contributed by atoms with Crippen molar-refractivity contribution in [3.05, 3.63) is 18.1 Å². The third-order valence-electron chi connectivity index (χ3n) is 6.12. The minimum atomic E-state index is -4.41. The standard InChI is InChI=1S/C18H25F3N4/c19-18(20,21)16-8-17(23-12-22-16)24-7-6-15-14(10-24)11-25(15)9-13-4-2-1-3-5-13/h8,12-15H,1-7,9-11H2/t14-,15+/m1/s1. The zero-order valence-electron chi connectivity index (χ0n) is 14.4. The fourth-order valence-electron chi connectivity index (χ4n) is 4.77. The van der Waals surface area contributed by atoms with E-state index in [0.717, 1.165) is 44.4 Å². The summed E-state index contributed by atoms with van der Waals surface area (Å²) in [5, 5.41) is 0. The van der Waals surface area contributed by atoms with Crippen molar-refractivity contribution in [3.8, 4) is 0 Å². The second-order valence-electron chi connectivity index (χ2n) is 7.78. The zero-order chi connectivity index (χ0) is 17.4. The summed E-state index contributed by atoms with van der Waals surface area (Å²) in [6.07, 6.45) is 4.48. The average molecular weight is 354 g/mol. The number of nitrogens with zero attached hydrogens (tertiary/aromatic N) is 4. The van der Waals surface area contributed by atoms with Gasteiger partial charge < -0.3 is 4.90 Å². The lowest BCUT2D eigenvalue weighted by Crippen LogP contribution is -2.64. The maximum atomic E-state index is 12.8. The number of rotatable bonds is 3. The molecule has 1 aliphatic carbocycles. The van der Waals surface area contributed by atoms with Crippen LogP contribution < -0.4 is 4.90 Å². The zero-order valence-corrected chi connectivity index (χ0v) is 14.4. The number of hydrogen-bond acceptors (Lipinski definition) is 4. The van der Waals surface area contributed by atoms with Crippen molar-refractivity contribution < 1.29 is 13.2 Å². The second kappa shape index (κ2) is 6.74. The van der Waals surface area contributed by atoms with E-state index >= 15 is 0 Å². The monoisotopic (exact) mass is 354 g/mol. The van der Waals surface area contributed by atoms with E-state index in [1.165, 1.54) is 38.6 Å². The molecule has 4 rings (SSSR count). The van der Waals surface area contributed by atoms with Gasteiger partial charge in [0.15, 0.2) is 0 Å². The van der Waals surface area contributed by atoms with Crippen LogP contribution in [0.25, 0.3) is 0 Å². The molecule has 0 amide bonds. The molecule has 25 heavy (non-hydrogen) atoms. The average Bonchev–Trinajstić information content (AvgIpc) is 2.60. The number of hydrogen-bond donors (Lipinski definition) is 0. The van der Waals surface area contributed by atoms with Crippen molar-refractivity contribution in [3.63, 3.8) is 0 Å². The van der Waals surface area contributed by atoms with Crippen LogP contribution in [-0.2, 0) is 6.18 Å². The molecule has 7 heteroatoms. The van der Waals surface area contributed by atoms with Gasteiger partial charge in [0.2, 0.25) is 0 Å². The maximum Gasteiger partial charge on any atom is 0.433 e. The Morgan fingerprint density at radius 2 is 1.84 bits per heavy atom. The summed E-state index contributed by atoms with van der Waals surface area (Å²) >= 11 is 0. The van der Waals surface area contributed by atoms with E-state index in [2.05, 4.69) is 14.9 Å². The summed E-state index contributed by atoms with van der Waals surface area (Å²) in [5.41, 5.74) is -0.854. The first kappa shape index (κ1) is 17.1. The first-order chi connectivity index (χ1) is 12.0. The van der Waals surface area contributed by atoms with Gasteiger partial charge in [-0.15, -0.1) is 0 Å². The highest BCUT2D eigenvalue weighted by molar-refractivity contribution is 5.40. The van der Waals surface area contributed by atoms with E-state index in [1.807, 2.05) is 4.90 Å². The molecule has 3 fully saturated rings. The van der Waals surface area contributed by atoms with Gasteiger partial charge >= 0.3 is 6.18 Å². The number of alkyl halides is 3. The van der Waals surface area contributed by atoms with Crippen LogP contribution in [0.2, 0.25) is 0 Å².